The highest BCUT2D eigenvalue weighted by molar-refractivity contribution is 6.09. The average molecular weight is 393 g/mol. The summed E-state index contributed by atoms with van der Waals surface area (Å²) in [5.41, 5.74) is 5.69. The van der Waals surface area contributed by atoms with Gasteiger partial charge in [0, 0.05) is 28.7 Å². The number of nitrogens with zero attached hydrogens (tertiary/aromatic N) is 3. The van der Waals surface area contributed by atoms with E-state index in [9.17, 15) is 4.39 Å². The van der Waals surface area contributed by atoms with E-state index in [1.165, 1.54) is 12.1 Å². The van der Waals surface area contributed by atoms with E-state index in [0.29, 0.717) is 11.2 Å². The third-order valence-corrected chi connectivity index (χ3v) is 5.46. The molecule has 0 spiro atoms. The zero-order valence-corrected chi connectivity index (χ0v) is 16.1. The third kappa shape index (κ3) is 2.38. The van der Waals surface area contributed by atoms with Crippen molar-refractivity contribution in [2.75, 3.05) is 0 Å². The summed E-state index contributed by atoms with van der Waals surface area (Å²) in [5, 5.41) is 1.81. The molecule has 144 valence electrons. The highest BCUT2D eigenvalue weighted by Crippen LogP contribution is 2.37. The van der Waals surface area contributed by atoms with Crippen molar-refractivity contribution < 1.29 is 8.81 Å². The van der Waals surface area contributed by atoms with Crippen LogP contribution in [-0.4, -0.2) is 14.5 Å². The second-order valence-corrected chi connectivity index (χ2v) is 7.33. The molecule has 4 nitrogen and oxygen atoms in total. The van der Waals surface area contributed by atoms with Gasteiger partial charge in [-0.15, -0.1) is 0 Å². The Labute approximate surface area is 171 Å². The van der Waals surface area contributed by atoms with E-state index in [1.54, 1.807) is 12.3 Å². The molecule has 0 N–H and O–H groups in total. The summed E-state index contributed by atoms with van der Waals surface area (Å²) in [6, 6.07) is 22.6. The summed E-state index contributed by atoms with van der Waals surface area (Å²) in [6.07, 6.45) is 1.80. The minimum Gasteiger partial charge on any atom is -0.455 e. The maximum absolute atomic E-state index is 13.8. The highest BCUT2D eigenvalue weighted by Gasteiger charge is 2.20. The fourth-order valence-corrected chi connectivity index (χ4v) is 4.04. The maximum Gasteiger partial charge on any atom is 0.165 e. The van der Waals surface area contributed by atoms with Gasteiger partial charge in [-0.25, -0.2) is 14.4 Å². The summed E-state index contributed by atoms with van der Waals surface area (Å²) in [7, 11) is 0. The molecule has 0 radical (unpaired) electrons. The van der Waals surface area contributed by atoms with E-state index in [-0.39, 0.29) is 5.82 Å². The molecule has 0 saturated carbocycles. The zero-order chi connectivity index (χ0) is 20.2. The van der Waals surface area contributed by atoms with Crippen LogP contribution in [0.4, 0.5) is 4.39 Å². The number of pyridine rings is 1. The van der Waals surface area contributed by atoms with Crippen molar-refractivity contribution >= 4 is 33.1 Å². The minimum absolute atomic E-state index is 0.320. The van der Waals surface area contributed by atoms with Crippen molar-refractivity contribution in [2.24, 2.45) is 0 Å². The quantitative estimate of drug-likeness (QED) is 0.340. The summed E-state index contributed by atoms with van der Waals surface area (Å²) < 4.78 is 21.9. The molecule has 0 aliphatic carbocycles. The topological polar surface area (TPSA) is 43.9 Å². The van der Waals surface area contributed by atoms with Crippen molar-refractivity contribution in [1.29, 1.82) is 0 Å². The summed E-state index contributed by atoms with van der Waals surface area (Å²) >= 11 is 0. The Hall–Kier alpha value is -3.99. The lowest BCUT2D eigenvalue weighted by Gasteiger charge is -2.09. The number of aryl methyl sites for hydroxylation is 1. The second kappa shape index (κ2) is 6.26. The maximum atomic E-state index is 13.8. The zero-order valence-electron chi connectivity index (χ0n) is 16.1. The number of aromatic nitrogens is 3. The van der Waals surface area contributed by atoms with E-state index in [4.69, 9.17) is 9.40 Å². The van der Waals surface area contributed by atoms with Gasteiger partial charge in [-0.2, -0.15) is 0 Å². The SMILES string of the molecule is Cc1ccnc2c1nc(-c1cccc3c1oc1cc(F)ccc13)n2-c1ccccc1. The molecular formula is C25H16FN3O. The molecule has 3 aromatic carbocycles. The fraction of sp³-hybridized carbons (Fsp3) is 0.0400. The van der Waals surface area contributed by atoms with E-state index in [1.807, 2.05) is 66.1 Å². The van der Waals surface area contributed by atoms with Crippen molar-refractivity contribution in [3.63, 3.8) is 0 Å². The Kier molecular flexibility index (Phi) is 3.53. The number of para-hydroxylation sites is 2. The Bertz CT molecular complexity index is 1560. The lowest BCUT2D eigenvalue weighted by atomic mass is 10.1. The lowest BCUT2D eigenvalue weighted by Crippen LogP contribution is -1.98. The van der Waals surface area contributed by atoms with Gasteiger partial charge >= 0.3 is 0 Å². The van der Waals surface area contributed by atoms with Gasteiger partial charge in [-0.3, -0.25) is 4.57 Å². The van der Waals surface area contributed by atoms with Gasteiger partial charge in [0.1, 0.15) is 22.5 Å². The van der Waals surface area contributed by atoms with Crippen LogP contribution in [-0.2, 0) is 0 Å². The lowest BCUT2D eigenvalue weighted by molar-refractivity contribution is 0.618. The van der Waals surface area contributed by atoms with Crippen LogP contribution < -0.4 is 0 Å². The van der Waals surface area contributed by atoms with Gasteiger partial charge in [-0.05, 0) is 48.9 Å². The number of furan rings is 1. The van der Waals surface area contributed by atoms with E-state index < -0.39 is 0 Å². The van der Waals surface area contributed by atoms with Gasteiger partial charge in [0.15, 0.2) is 11.5 Å². The van der Waals surface area contributed by atoms with Crippen LogP contribution in [0.2, 0.25) is 0 Å². The number of fused-ring (bicyclic) bond motifs is 4. The number of benzene rings is 3. The standard InChI is InChI=1S/C25H16FN3O/c1-15-12-13-27-25-22(15)28-24(29(25)17-6-3-2-4-7-17)20-9-5-8-19-18-11-10-16(26)14-21(18)30-23(19)20/h2-14H,1H3. The largest absolute Gasteiger partial charge is 0.455 e. The molecule has 0 saturated heterocycles. The Balaban J connectivity index is 1.75. The van der Waals surface area contributed by atoms with Crippen LogP contribution in [0.1, 0.15) is 5.56 Å². The fourth-order valence-electron chi connectivity index (χ4n) is 4.04. The summed E-state index contributed by atoms with van der Waals surface area (Å²) in [5.74, 6) is 0.419. The first-order valence-corrected chi connectivity index (χ1v) is 9.71. The molecule has 0 aliphatic heterocycles. The van der Waals surface area contributed by atoms with Crippen molar-refractivity contribution in [2.45, 2.75) is 6.92 Å². The number of rotatable bonds is 2. The van der Waals surface area contributed by atoms with E-state index in [2.05, 4.69) is 4.98 Å². The van der Waals surface area contributed by atoms with Gasteiger partial charge in [0.25, 0.3) is 0 Å². The van der Waals surface area contributed by atoms with Crippen LogP contribution in [0.5, 0.6) is 0 Å². The predicted molar refractivity (Wildman–Crippen MR) is 116 cm³/mol. The first-order chi connectivity index (χ1) is 14.7. The van der Waals surface area contributed by atoms with Gasteiger partial charge in [0.2, 0.25) is 0 Å². The Morgan fingerprint density at radius 3 is 2.63 bits per heavy atom. The van der Waals surface area contributed by atoms with E-state index >= 15 is 0 Å². The smallest absolute Gasteiger partial charge is 0.165 e. The van der Waals surface area contributed by atoms with Crippen LogP contribution >= 0.6 is 0 Å². The first-order valence-electron chi connectivity index (χ1n) is 9.71. The molecule has 0 fully saturated rings. The molecule has 6 rings (SSSR count). The predicted octanol–water partition coefficient (Wildman–Crippen LogP) is 6.43. The third-order valence-electron chi connectivity index (χ3n) is 5.46. The number of halogens is 1. The van der Waals surface area contributed by atoms with Crippen LogP contribution in [0.3, 0.4) is 0 Å². The second-order valence-electron chi connectivity index (χ2n) is 7.33. The van der Waals surface area contributed by atoms with Crippen molar-refractivity contribution in [3.05, 3.63) is 90.4 Å². The molecule has 0 unspecified atom stereocenters. The van der Waals surface area contributed by atoms with Gasteiger partial charge < -0.3 is 4.42 Å². The Morgan fingerprint density at radius 2 is 1.77 bits per heavy atom. The summed E-state index contributed by atoms with van der Waals surface area (Å²) in [6.45, 7) is 2.03. The molecule has 3 heterocycles. The van der Waals surface area contributed by atoms with Crippen LogP contribution in [0, 0.1) is 12.7 Å². The molecule has 0 amide bonds. The molecule has 3 aromatic heterocycles. The van der Waals surface area contributed by atoms with Crippen LogP contribution in [0.15, 0.2) is 83.4 Å². The summed E-state index contributed by atoms with van der Waals surface area (Å²) in [4.78, 5) is 9.58. The minimum atomic E-state index is -0.320. The van der Waals surface area contributed by atoms with Gasteiger partial charge in [0.05, 0.1) is 5.56 Å². The van der Waals surface area contributed by atoms with Crippen LogP contribution in [0.25, 0.3) is 50.2 Å². The molecule has 0 bridgehead atoms. The molecule has 0 aliphatic rings. The van der Waals surface area contributed by atoms with Crippen molar-refractivity contribution in [1.82, 2.24) is 14.5 Å². The molecular weight excluding hydrogens is 377 g/mol. The Morgan fingerprint density at radius 1 is 0.900 bits per heavy atom. The number of hydrogen-bond donors (Lipinski definition) is 0. The molecule has 30 heavy (non-hydrogen) atoms. The van der Waals surface area contributed by atoms with Gasteiger partial charge in [-0.1, -0.05) is 30.3 Å². The average Bonchev–Trinajstić information content (AvgIpc) is 3.33. The number of hydrogen-bond acceptors (Lipinski definition) is 3. The molecule has 0 atom stereocenters. The monoisotopic (exact) mass is 393 g/mol. The van der Waals surface area contributed by atoms with E-state index in [0.717, 1.165) is 44.6 Å². The highest BCUT2D eigenvalue weighted by atomic mass is 19.1. The number of imidazole rings is 1. The van der Waals surface area contributed by atoms with Crippen molar-refractivity contribution in [3.8, 4) is 17.1 Å². The molecule has 6 aromatic rings. The molecule has 5 heteroatoms. The normalized spacial score (nSPS) is 11.7. The first kappa shape index (κ1) is 16.9.